The summed E-state index contributed by atoms with van der Waals surface area (Å²) in [5.74, 6) is -3.15. The van der Waals surface area contributed by atoms with E-state index in [1.54, 1.807) is 0 Å². The van der Waals surface area contributed by atoms with Crippen molar-refractivity contribution in [1.82, 2.24) is 4.31 Å². The number of rotatable bonds is 5. The van der Waals surface area contributed by atoms with E-state index >= 15 is 0 Å². The fourth-order valence-electron chi connectivity index (χ4n) is 3.80. The van der Waals surface area contributed by atoms with Gasteiger partial charge in [0.05, 0.1) is 17.6 Å². The molecule has 1 fully saturated rings. The van der Waals surface area contributed by atoms with Crippen LogP contribution in [0.15, 0.2) is 34.5 Å². The SMILES string of the molecule is COC(=O)C(O)(c1ccc(S(=O)(=O)N2CCN(c3ccc(F)cc3C(F)(F)F)CC2C)s1)C(F)(F)F. The number of alkyl halides is 6. The van der Waals surface area contributed by atoms with Crippen LogP contribution in [0.3, 0.4) is 0 Å². The average molecular weight is 565 g/mol. The molecule has 2 aromatic rings. The Morgan fingerprint density at radius 3 is 2.28 bits per heavy atom. The van der Waals surface area contributed by atoms with Gasteiger partial charge in [-0.1, -0.05) is 0 Å². The molecule has 0 aliphatic carbocycles. The molecule has 3 rings (SSSR count). The molecule has 1 aliphatic rings. The van der Waals surface area contributed by atoms with Crippen LogP contribution >= 0.6 is 11.3 Å². The average Bonchev–Trinajstić information content (AvgIpc) is 3.28. The second-order valence-electron chi connectivity index (χ2n) is 7.89. The standard InChI is InChI=1S/C20H19F7N2O5S2/c1-11-10-28(14-4-3-12(21)9-13(14)19(22,23)24)7-8-29(11)36(32,33)16-6-5-15(35-16)18(31,17(30)34-2)20(25,26)27/h3-6,9,11,31H,7-8,10H2,1-2H3. The highest BCUT2D eigenvalue weighted by atomic mass is 32.2. The van der Waals surface area contributed by atoms with Gasteiger partial charge in [0.15, 0.2) is 0 Å². The van der Waals surface area contributed by atoms with Crippen molar-refractivity contribution >= 4 is 33.0 Å². The third-order valence-electron chi connectivity index (χ3n) is 5.56. The summed E-state index contributed by atoms with van der Waals surface area (Å²) in [5.41, 5.74) is -5.68. The van der Waals surface area contributed by atoms with Crippen LogP contribution < -0.4 is 4.90 Å². The highest BCUT2D eigenvalue weighted by Gasteiger charge is 2.63. The topological polar surface area (TPSA) is 87.1 Å². The fraction of sp³-hybridized carbons (Fsp3) is 0.450. The summed E-state index contributed by atoms with van der Waals surface area (Å²) in [6.07, 6.45) is -10.4. The van der Waals surface area contributed by atoms with Gasteiger partial charge in [-0.15, -0.1) is 11.3 Å². The molecule has 1 N–H and O–H groups in total. The highest BCUT2D eigenvalue weighted by molar-refractivity contribution is 7.91. The Morgan fingerprint density at radius 1 is 1.11 bits per heavy atom. The predicted octanol–water partition coefficient (Wildman–Crippen LogP) is 3.73. The van der Waals surface area contributed by atoms with Crippen molar-refractivity contribution in [2.45, 2.75) is 35.1 Å². The smallest absolute Gasteiger partial charge is 0.433 e. The number of carbonyl (C=O) groups is 1. The summed E-state index contributed by atoms with van der Waals surface area (Å²) in [5, 5.41) is 10.1. The highest BCUT2D eigenvalue weighted by Crippen LogP contribution is 2.44. The lowest BCUT2D eigenvalue weighted by atomic mass is 10.0. The van der Waals surface area contributed by atoms with Crippen LogP contribution in [0.4, 0.5) is 36.4 Å². The maximum atomic E-state index is 13.5. The van der Waals surface area contributed by atoms with E-state index in [2.05, 4.69) is 4.74 Å². The van der Waals surface area contributed by atoms with Crippen molar-refractivity contribution in [2.24, 2.45) is 0 Å². The molecule has 0 radical (unpaired) electrons. The van der Waals surface area contributed by atoms with Gasteiger partial charge in [-0.3, -0.25) is 0 Å². The molecule has 200 valence electrons. The van der Waals surface area contributed by atoms with Crippen LogP contribution in [0.1, 0.15) is 17.4 Å². The zero-order valence-electron chi connectivity index (χ0n) is 18.5. The molecule has 1 aromatic carbocycles. The Morgan fingerprint density at radius 2 is 1.75 bits per heavy atom. The Balaban J connectivity index is 1.90. The van der Waals surface area contributed by atoms with Crippen molar-refractivity contribution in [3.05, 3.63) is 46.6 Å². The van der Waals surface area contributed by atoms with E-state index in [0.29, 0.717) is 19.2 Å². The van der Waals surface area contributed by atoms with Gasteiger partial charge in [0, 0.05) is 31.4 Å². The molecule has 1 saturated heterocycles. The first kappa shape index (κ1) is 28.1. The number of ether oxygens (including phenoxy) is 1. The minimum absolute atomic E-state index is 0.0131. The van der Waals surface area contributed by atoms with E-state index < -0.39 is 60.5 Å². The van der Waals surface area contributed by atoms with E-state index in [0.717, 1.165) is 22.5 Å². The van der Waals surface area contributed by atoms with Gasteiger partial charge in [-0.25, -0.2) is 17.6 Å². The molecular weight excluding hydrogens is 545 g/mol. The number of hydrogen-bond donors (Lipinski definition) is 1. The number of sulfonamides is 1. The van der Waals surface area contributed by atoms with Gasteiger partial charge in [0.25, 0.3) is 15.6 Å². The molecule has 0 saturated carbocycles. The summed E-state index contributed by atoms with van der Waals surface area (Å²) >= 11 is 0.0131. The van der Waals surface area contributed by atoms with Crippen LogP contribution in [0.2, 0.25) is 0 Å². The molecule has 7 nitrogen and oxygen atoms in total. The lowest BCUT2D eigenvalue weighted by Gasteiger charge is -2.40. The number of methoxy groups -OCH3 is 1. The summed E-state index contributed by atoms with van der Waals surface area (Å²) in [4.78, 5) is 11.9. The summed E-state index contributed by atoms with van der Waals surface area (Å²) < 4.78 is 125. The molecule has 0 amide bonds. The number of esters is 1. The number of carbonyl (C=O) groups excluding carboxylic acids is 1. The lowest BCUT2D eigenvalue weighted by molar-refractivity contribution is -0.265. The van der Waals surface area contributed by atoms with Gasteiger partial charge < -0.3 is 14.7 Å². The molecule has 1 aromatic heterocycles. The van der Waals surface area contributed by atoms with Crippen LogP contribution in [-0.4, -0.2) is 62.8 Å². The van der Waals surface area contributed by atoms with Gasteiger partial charge >= 0.3 is 18.3 Å². The predicted molar refractivity (Wildman–Crippen MR) is 113 cm³/mol. The number of halogens is 7. The Hall–Kier alpha value is -2.43. The molecule has 0 spiro atoms. The zero-order chi connectivity index (χ0) is 27.3. The lowest BCUT2D eigenvalue weighted by Crippen LogP contribution is -2.54. The van der Waals surface area contributed by atoms with E-state index in [1.807, 2.05) is 0 Å². The normalized spacial score (nSPS) is 19.7. The number of hydrogen-bond acceptors (Lipinski definition) is 7. The van der Waals surface area contributed by atoms with E-state index in [1.165, 1.54) is 11.8 Å². The van der Waals surface area contributed by atoms with E-state index in [4.69, 9.17) is 0 Å². The quantitative estimate of drug-likeness (QED) is 0.440. The summed E-state index contributed by atoms with van der Waals surface area (Å²) in [6.45, 7) is 0.577. The summed E-state index contributed by atoms with van der Waals surface area (Å²) in [7, 11) is -3.85. The van der Waals surface area contributed by atoms with Crippen molar-refractivity contribution < 1.29 is 53.8 Å². The molecule has 1 aliphatic heterocycles. The monoisotopic (exact) mass is 564 g/mol. The van der Waals surface area contributed by atoms with Crippen molar-refractivity contribution in [1.29, 1.82) is 0 Å². The first-order chi connectivity index (χ1) is 16.4. The van der Waals surface area contributed by atoms with Gasteiger partial charge in [-0.05, 0) is 37.3 Å². The second-order valence-corrected chi connectivity index (χ2v) is 11.1. The molecule has 36 heavy (non-hydrogen) atoms. The Bertz CT molecular complexity index is 1250. The third-order valence-corrected chi connectivity index (χ3v) is 9.24. The largest absolute Gasteiger partial charge is 0.466 e. The Labute approximate surface area is 204 Å². The maximum absolute atomic E-state index is 13.5. The molecule has 2 heterocycles. The van der Waals surface area contributed by atoms with Crippen LogP contribution in [0, 0.1) is 5.82 Å². The Kier molecular flexibility index (Phi) is 7.40. The van der Waals surface area contributed by atoms with E-state index in [9.17, 15) is 49.1 Å². The number of piperazine rings is 1. The first-order valence-electron chi connectivity index (χ1n) is 10.1. The minimum atomic E-state index is -5.52. The number of anilines is 1. The maximum Gasteiger partial charge on any atom is 0.433 e. The third kappa shape index (κ3) is 4.90. The first-order valence-corrected chi connectivity index (χ1v) is 12.3. The second kappa shape index (κ2) is 9.46. The van der Waals surface area contributed by atoms with E-state index in [-0.39, 0.29) is 36.7 Å². The fourth-order valence-corrected chi connectivity index (χ4v) is 6.95. The van der Waals surface area contributed by atoms with Crippen molar-refractivity contribution in [3.63, 3.8) is 0 Å². The number of thiophene rings is 1. The van der Waals surface area contributed by atoms with Gasteiger partial charge in [0.1, 0.15) is 10.0 Å². The minimum Gasteiger partial charge on any atom is -0.466 e. The van der Waals surface area contributed by atoms with Gasteiger partial charge in [-0.2, -0.15) is 30.6 Å². The summed E-state index contributed by atoms with van der Waals surface area (Å²) in [6, 6.07) is 2.59. The van der Waals surface area contributed by atoms with Crippen molar-refractivity contribution in [3.8, 4) is 0 Å². The molecule has 0 bridgehead atoms. The zero-order valence-corrected chi connectivity index (χ0v) is 20.2. The number of benzene rings is 1. The van der Waals surface area contributed by atoms with Crippen molar-refractivity contribution in [2.75, 3.05) is 31.6 Å². The van der Waals surface area contributed by atoms with Crippen LogP contribution in [0.5, 0.6) is 0 Å². The molecule has 2 atom stereocenters. The molecule has 16 heteroatoms. The molecule has 2 unspecified atom stereocenters. The van der Waals surface area contributed by atoms with Crippen LogP contribution in [0.25, 0.3) is 0 Å². The van der Waals surface area contributed by atoms with Crippen LogP contribution in [-0.2, 0) is 31.3 Å². The molecular formula is C20H19F7N2O5S2. The van der Waals surface area contributed by atoms with Gasteiger partial charge in [0.2, 0.25) is 0 Å². The number of aliphatic hydroxyl groups is 1. The number of nitrogens with zero attached hydrogens (tertiary/aromatic N) is 2.